The molecule has 0 saturated heterocycles. The minimum absolute atomic E-state index is 0.821. The summed E-state index contributed by atoms with van der Waals surface area (Å²) in [5.41, 5.74) is 4.69. The molecule has 86 valence electrons. The fourth-order valence-corrected chi connectivity index (χ4v) is 1.77. The summed E-state index contributed by atoms with van der Waals surface area (Å²) in [5, 5.41) is 0. The van der Waals surface area contributed by atoms with Gasteiger partial charge in [-0.15, -0.1) is 0 Å². The Kier molecular flexibility index (Phi) is 3.66. The van der Waals surface area contributed by atoms with Gasteiger partial charge in [0.15, 0.2) is 0 Å². The first-order valence-corrected chi connectivity index (χ1v) is 5.75. The summed E-state index contributed by atoms with van der Waals surface area (Å²) < 4.78 is 0. The van der Waals surface area contributed by atoms with Crippen molar-refractivity contribution in [1.29, 1.82) is 0 Å². The van der Waals surface area contributed by atoms with Crippen LogP contribution in [-0.2, 0) is 6.42 Å². The molecule has 0 atom stereocenters. The topological polar surface area (TPSA) is 25.2 Å². The van der Waals surface area contributed by atoms with Crippen LogP contribution in [0.1, 0.15) is 16.7 Å². The molecule has 2 rings (SSSR count). The first-order chi connectivity index (χ1) is 8.27. The van der Waals surface area contributed by atoms with Crippen molar-refractivity contribution in [3.8, 4) is 0 Å². The fourth-order valence-electron chi connectivity index (χ4n) is 1.77. The zero-order chi connectivity index (χ0) is 12.1. The lowest BCUT2D eigenvalue weighted by molar-refractivity contribution is 1.22. The monoisotopic (exact) mass is 224 g/mol. The molecule has 0 fully saturated rings. The van der Waals surface area contributed by atoms with E-state index in [9.17, 15) is 0 Å². The number of aliphatic imine (C=N–C) groups is 1. The maximum Gasteiger partial charge on any atom is 0.0684 e. The summed E-state index contributed by atoms with van der Waals surface area (Å²) in [6, 6.07) is 10.2. The van der Waals surface area contributed by atoms with E-state index in [1.54, 1.807) is 6.20 Å². The SMILES string of the molecule is Cc1cccc(C)c1N=CCc1cccnc1. The van der Waals surface area contributed by atoms with Gasteiger partial charge in [-0.25, -0.2) is 0 Å². The quantitative estimate of drug-likeness (QED) is 0.731. The third-order valence-electron chi connectivity index (χ3n) is 2.71. The molecule has 1 aromatic heterocycles. The van der Waals surface area contributed by atoms with E-state index >= 15 is 0 Å². The second kappa shape index (κ2) is 5.39. The van der Waals surface area contributed by atoms with Gasteiger partial charge in [-0.1, -0.05) is 24.3 Å². The number of hydrogen-bond donors (Lipinski definition) is 0. The van der Waals surface area contributed by atoms with Crippen molar-refractivity contribution in [2.24, 2.45) is 4.99 Å². The van der Waals surface area contributed by atoms with Crippen LogP contribution in [0.15, 0.2) is 47.7 Å². The van der Waals surface area contributed by atoms with E-state index in [2.05, 4.69) is 48.1 Å². The average molecular weight is 224 g/mol. The van der Waals surface area contributed by atoms with Gasteiger partial charge in [0.05, 0.1) is 5.69 Å². The van der Waals surface area contributed by atoms with Crippen molar-refractivity contribution >= 4 is 11.9 Å². The molecular formula is C15H16N2. The van der Waals surface area contributed by atoms with Crippen molar-refractivity contribution in [2.45, 2.75) is 20.3 Å². The summed E-state index contributed by atoms with van der Waals surface area (Å²) in [5.74, 6) is 0. The molecular weight excluding hydrogens is 208 g/mol. The van der Waals surface area contributed by atoms with Gasteiger partial charge in [0.1, 0.15) is 0 Å². The molecule has 0 aliphatic rings. The third kappa shape index (κ3) is 3.00. The van der Waals surface area contributed by atoms with E-state index in [0.717, 1.165) is 12.1 Å². The zero-order valence-corrected chi connectivity index (χ0v) is 10.2. The first kappa shape index (κ1) is 11.5. The Morgan fingerprint density at radius 1 is 1.12 bits per heavy atom. The van der Waals surface area contributed by atoms with Gasteiger partial charge in [-0.3, -0.25) is 9.98 Å². The highest BCUT2D eigenvalue weighted by atomic mass is 14.7. The standard InChI is InChI=1S/C15H16N2/c1-12-5-3-6-13(2)15(12)17-10-8-14-7-4-9-16-11-14/h3-7,9-11H,8H2,1-2H3. The molecule has 0 aliphatic carbocycles. The molecule has 1 aromatic carbocycles. The van der Waals surface area contributed by atoms with Gasteiger partial charge in [0, 0.05) is 25.0 Å². The molecule has 0 bridgehead atoms. The average Bonchev–Trinajstić information content (AvgIpc) is 2.34. The van der Waals surface area contributed by atoms with Crippen LogP contribution < -0.4 is 0 Å². The van der Waals surface area contributed by atoms with Gasteiger partial charge in [-0.05, 0) is 36.6 Å². The minimum Gasteiger partial charge on any atom is -0.264 e. The number of aryl methyl sites for hydroxylation is 2. The maximum absolute atomic E-state index is 4.55. The summed E-state index contributed by atoms with van der Waals surface area (Å²) >= 11 is 0. The van der Waals surface area contributed by atoms with Gasteiger partial charge in [0.2, 0.25) is 0 Å². The van der Waals surface area contributed by atoms with Crippen molar-refractivity contribution in [1.82, 2.24) is 4.98 Å². The van der Waals surface area contributed by atoms with Gasteiger partial charge >= 0.3 is 0 Å². The van der Waals surface area contributed by atoms with Crippen LogP contribution >= 0.6 is 0 Å². The highest BCUT2D eigenvalue weighted by molar-refractivity contribution is 5.68. The van der Waals surface area contributed by atoms with Crippen LogP contribution in [0, 0.1) is 13.8 Å². The number of para-hydroxylation sites is 1. The molecule has 0 spiro atoms. The Balaban J connectivity index is 2.11. The Hall–Kier alpha value is -1.96. The summed E-state index contributed by atoms with van der Waals surface area (Å²) in [7, 11) is 0. The lowest BCUT2D eigenvalue weighted by Gasteiger charge is -2.03. The summed E-state index contributed by atoms with van der Waals surface area (Å²) in [6.45, 7) is 4.17. The molecule has 2 aromatic rings. The van der Waals surface area contributed by atoms with E-state index in [1.807, 2.05) is 18.5 Å². The molecule has 0 saturated carbocycles. The predicted octanol–water partition coefficient (Wildman–Crippen LogP) is 3.64. The largest absolute Gasteiger partial charge is 0.264 e. The van der Waals surface area contributed by atoms with Crippen LogP contribution in [0.5, 0.6) is 0 Å². The van der Waals surface area contributed by atoms with Crippen molar-refractivity contribution in [3.63, 3.8) is 0 Å². The van der Waals surface area contributed by atoms with E-state index in [1.165, 1.54) is 16.7 Å². The minimum atomic E-state index is 0.821. The Morgan fingerprint density at radius 3 is 2.53 bits per heavy atom. The number of aromatic nitrogens is 1. The fraction of sp³-hybridized carbons (Fsp3) is 0.200. The molecule has 17 heavy (non-hydrogen) atoms. The smallest absolute Gasteiger partial charge is 0.0684 e. The molecule has 0 radical (unpaired) electrons. The van der Waals surface area contributed by atoms with E-state index in [-0.39, 0.29) is 0 Å². The van der Waals surface area contributed by atoms with E-state index < -0.39 is 0 Å². The third-order valence-corrected chi connectivity index (χ3v) is 2.71. The number of pyridine rings is 1. The van der Waals surface area contributed by atoms with E-state index in [4.69, 9.17) is 0 Å². The summed E-state index contributed by atoms with van der Waals surface area (Å²) in [6.07, 6.45) is 6.43. The highest BCUT2D eigenvalue weighted by Crippen LogP contribution is 2.22. The Labute approximate surface area is 102 Å². The molecule has 0 amide bonds. The molecule has 2 heteroatoms. The molecule has 0 unspecified atom stereocenters. The second-order valence-electron chi connectivity index (χ2n) is 4.12. The lowest BCUT2D eigenvalue weighted by Crippen LogP contribution is -1.87. The second-order valence-corrected chi connectivity index (χ2v) is 4.12. The highest BCUT2D eigenvalue weighted by Gasteiger charge is 1.98. The molecule has 0 N–H and O–H groups in total. The summed E-state index contributed by atoms with van der Waals surface area (Å²) in [4.78, 5) is 8.63. The number of rotatable bonds is 3. The van der Waals surface area contributed by atoms with Crippen LogP contribution in [0.4, 0.5) is 5.69 Å². The molecule has 2 nitrogen and oxygen atoms in total. The van der Waals surface area contributed by atoms with Crippen molar-refractivity contribution < 1.29 is 0 Å². The van der Waals surface area contributed by atoms with Gasteiger partial charge in [0.25, 0.3) is 0 Å². The van der Waals surface area contributed by atoms with Crippen LogP contribution in [0.25, 0.3) is 0 Å². The van der Waals surface area contributed by atoms with Crippen molar-refractivity contribution in [3.05, 3.63) is 59.4 Å². The zero-order valence-electron chi connectivity index (χ0n) is 10.2. The lowest BCUT2D eigenvalue weighted by atomic mass is 10.1. The van der Waals surface area contributed by atoms with Gasteiger partial charge in [-0.2, -0.15) is 0 Å². The van der Waals surface area contributed by atoms with E-state index in [0.29, 0.717) is 0 Å². The molecule has 1 heterocycles. The predicted molar refractivity (Wildman–Crippen MR) is 72.0 cm³/mol. The maximum atomic E-state index is 4.55. The number of hydrogen-bond acceptors (Lipinski definition) is 2. The van der Waals surface area contributed by atoms with Crippen LogP contribution in [0.3, 0.4) is 0 Å². The van der Waals surface area contributed by atoms with Crippen LogP contribution in [-0.4, -0.2) is 11.2 Å². The van der Waals surface area contributed by atoms with Crippen molar-refractivity contribution in [2.75, 3.05) is 0 Å². The Bertz CT molecular complexity index is 495. The Morgan fingerprint density at radius 2 is 1.88 bits per heavy atom. The number of nitrogens with zero attached hydrogens (tertiary/aromatic N) is 2. The first-order valence-electron chi connectivity index (χ1n) is 5.75. The normalized spacial score (nSPS) is 10.9. The van der Waals surface area contributed by atoms with Crippen LogP contribution in [0.2, 0.25) is 0 Å². The number of benzene rings is 1. The van der Waals surface area contributed by atoms with Gasteiger partial charge < -0.3 is 0 Å². The molecule has 0 aliphatic heterocycles.